The van der Waals surface area contributed by atoms with Crippen LogP contribution in [0.1, 0.15) is 18.4 Å². The van der Waals surface area contributed by atoms with Crippen molar-refractivity contribution in [1.29, 1.82) is 0 Å². The van der Waals surface area contributed by atoms with Gasteiger partial charge in [-0.05, 0) is 77.4 Å². The van der Waals surface area contributed by atoms with Gasteiger partial charge in [-0.2, -0.15) is 0 Å². The van der Waals surface area contributed by atoms with Crippen molar-refractivity contribution in [2.45, 2.75) is 24.5 Å². The van der Waals surface area contributed by atoms with Crippen LogP contribution in [0, 0.1) is 3.57 Å². The minimum absolute atomic E-state index is 0.0701. The lowest BCUT2D eigenvalue weighted by molar-refractivity contribution is -0.129. The topological polar surface area (TPSA) is 61.8 Å². The Kier molecular flexibility index (Phi) is 8.17. The lowest BCUT2D eigenvalue weighted by Gasteiger charge is -2.32. The summed E-state index contributed by atoms with van der Waals surface area (Å²) in [7, 11) is 0. The second-order valence-corrected chi connectivity index (χ2v) is 10.1. The minimum Gasteiger partial charge on any atom is -0.325 e. The van der Waals surface area contributed by atoms with Crippen LogP contribution in [0.5, 0.6) is 0 Å². The number of rotatable bonds is 7. The summed E-state index contributed by atoms with van der Waals surface area (Å²) in [6.07, 6.45) is 1.86. The number of hydrogen-bond acceptors (Lipinski definition) is 4. The first kappa shape index (κ1) is 23.5. The van der Waals surface area contributed by atoms with Gasteiger partial charge in [0.25, 0.3) is 0 Å². The van der Waals surface area contributed by atoms with E-state index in [1.165, 1.54) is 17.3 Å². The molecule has 2 amide bonds. The molecule has 33 heavy (non-hydrogen) atoms. The quantitative estimate of drug-likeness (QED) is 0.362. The molecule has 3 aromatic carbocycles. The molecule has 1 N–H and O–H groups in total. The second kappa shape index (κ2) is 11.5. The maximum Gasteiger partial charge on any atom is 0.238 e. The van der Waals surface area contributed by atoms with Gasteiger partial charge in [-0.15, -0.1) is 0 Å². The summed E-state index contributed by atoms with van der Waals surface area (Å²) < 4.78 is 1.09. The van der Waals surface area contributed by atoms with Crippen molar-refractivity contribution < 1.29 is 9.59 Å². The molecule has 1 aliphatic rings. The highest BCUT2D eigenvalue weighted by atomic mass is 127. The summed E-state index contributed by atoms with van der Waals surface area (Å²) in [6, 6.07) is 27.4. The van der Waals surface area contributed by atoms with Gasteiger partial charge in [-0.3, -0.25) is 14.5 Å². The Morgan fingerprint density at radius 1 is 1.00 bits per heavy atom. The van der Waals surface area contributed by atoms with E-state index >= 15 is 0 Å². The molecule has 0 saturated carbocycles. The Labute approximate surface area is 211 Å². The van der Waals surface area contributed by atoms with E-state index < -0.39 is 5.25 Å². The molecule has 1 unspecified atom stereocenters. The van der Waals surface area contributed by atoms with Gasteiger partial charge in [0.1, 0.15) is 5.25 Å². The van der Waals surface area contributed by atoms with Crippen LogP contribution in [0.4, 0.5) is 11.4 Å². The zero-order chi connectivity index (χ0) is 23.0. The van der Waals surface area contributed by atoms with Crippen molar-refractivity contribution in [3.05, 3.63) is 94.1 Å². The minimum atomic E-state index is -0.524. The molecular weight excluding hydrogens is 545 g/mol. The Bertz CT molecular complexity index is 1120. The number of nitrogens with zero attached hydrogens (tertiary/aromatic N) is 2. The van der Waals surface area contributed by atoms with E-state index in [0.29, 0.717) is 11.7 Å². The number of aliphatic imine (C=N–C) groups is 1. The molecule has 1 fully saturated rings. The highest BCUT2D eigenvalue weighted by molar-refractivity contribution is 14.1. The molecule has 7 heteroatoms. The number of nitrogens with one attached hydrogen (secondary N) is 1. The Balaban J connectivity index is 1.48. The van der Waals surface area contributed by atoms with E-state index in [2.05, 4.69) is 40.0 Å². The lowest BCUT2D eigenvalue weighted by atomic mass is 10.1. The maximum absolute atomic E-state index is 13.1. The molecule has 0 aliphatic carbocycles. The second-order valence-electron chi connectivity index (χ2n) is 7.67. The van der Waals surface area contributed by atoms with Crippen molar-refractivity contribution in [2.75, 3.05) is 11.9 Å². The normalized spacial score (nSPS) is 17.2. The molecule has 0 bridgehead atoms. The molecule has 1 atom stereocenters. The molecular formula is C26H24IN3O2S. The molecule has 5 nitrogen and oxygen atoms in total. The van der Waals surface area contributed by atoms with Crippen molar-refractivity contribution in [3.8, 4) is 0 Å². The van der Waals surface area contributed by atoms with Crippen LogP contribution < -0.4 is 5.32 Å². The number of aryl methyl sites for hydroxylation is 1. The molecule has 0 aromatic heterocycles. The highest BCUT2D eigenvalue weighted by Gasteiger charge is 2.35. The molecule has 1 aliphatic heterocycles. The number of amidine groups is 1. The van der Waals surface area contributed by atoms with Crippen LogP contribution in [0.25, 0.3) is 0 Å². The number of halogens is 1. The summed E-state index contributed by atoms with van der Waals surface area (Å²) >= 11 is 3.58. The Hall–Kier alpha value is -2.65. The first-order valence-electron chi connectivity index (χ1n) is 10.8. The molecule has 4 rings (SSSR count). The first-order chi connectivity index (χ1) is 16.1. The van der Waals surface area contributed by atoms with Gasteiger partial charge in [0.05, 0.1) is 5.69 Å². The van der Waals surface area contributed by atoms with Crippen LogP contribution in [-0.4, -0.2) is 33.7 Å². The van der Waals surface area contributed by atoms with E-state index in [0.717, 1.165) is 27.8 Å². The summed E-state index contributed by atoms with van der Waals surface area (Å²) in [5, 5.41) is 2.99. The fourth-order valence-electron chi connectivity index (χ4n) is 3.52. The van der Waals surface area contributed by atoms with Gasteiger partial charge in [0.2, 0.25) is 11.8 Å². The maximum atomic E-state index is 13.1. The summed E-state index contributed by atoms with van der Waals surface area (Å²) in [4.78, 5) is 32.5. The molecule has 0 radical (unpaired) electrons. The van der Waals surface area contributed by atoms with Crippen molar-refractivity contribution in [3.63, 3.8) is 0 Å². The predicted molar refractivity (Wildman–Crippen MR) is 144 cm³/mol. The van der Waals surface area contributed by atoms with Crippen LogP contribution in [0.2, 0.25) is 0 Å². The van der Waals surface area contributed by atoms with E-state index in [4.69, 9.17) is 4.99 Å². The number of benzene rings is 3. The van der Waals surface area contributed by atoms with Gasteiger partial charge < -0.3 is 5.32 Å². The van der Waals surface area contributed by atoms with Gasteiger partial charge in [-0.25, -0.2) is 4.99 Å². The first-order valence-corrected chi connectivity index (χ1v) is 12.8. The van der Waals surface area contributed by atoms with Gasteiger partial charge >= 0.3 is 0 Å². The van der Waals surface area contributed by atoms with Gasteiger partial charge in [0, 0.05) is 22.2 Å². The average Bonchev–Trinajstić information content (AvgIpc) is 2.83. The van der Waals surface area contributed by atoms with Crippen molar-refractivity contribution >= 4 is 62.7 Å². The average molecular weight is 569 g/mol. The monoisotopic (exact) mass is 569 g/mol. The van der Waals surface area contributed by atoms with Crippen LogP contribution in [0.3, 0.4) is 0 Å². The van der Waals surface area contributed by atoms with E-state index in [-0.39, 0.29) is 18.2 Å². The lowest BCUT2D eigenvalue weighted by Crippen LogP contribution is -2.45. The molecule has 168 valence electrons. The van der Waals surface area contributed by atoms with Gasteiger partial charge in [-0.1, -0.05) is 60.3 Å². The Morgan fingerprint density at radius 2 is 1.67 bits per heavy atom. The number of hydrogen-bond donors (Lipinski definition) is 1. The van der Waals surface area contributed by atoms with Crippen LogP contribution >= 0.6 is 34.4 Å². The zero-order valence-electron chi connectivity index (χ0n) is 18.0. The zero-order valence-corrected chi connectivity index (χ0v) is 21.0. The largest absolute Gasteiger partial charge is 0.325 e. The number of anilines is 1. The Morgan fingerprint density at radius 3 is 2.36 bits per heavy atom. The fourth-order valence-corrected chi connectivity index (χ4v) is 5.00. The summed E-state index contributed by atoms with van der Waals surface area (Å²) in [5.41, 5.74) is 2.73. The van der Waals surface area contributed by atoms with E-state index in [1.54, 1.807) is 4.90 Å². The van der Waals surface area contributed by atoms with E-state index in [9.17, 15) is 9.59 Å². The number of carbonyl (C=O) groups excluding carboxylic acids is 2. The summed E-state index contributed by atoms with van der Waals surface area (Å²) in [6.45, 7) is 0.567. The van der Waals surface area contributed by atoms with Gasteiger partial charge in [0.15, 0.2) is 5.17 Å². The standard InChI is InChI=1S/C26H24IN3O2S/c27-20-13-15-22(16-14-20)28-25(32)23-18-24(31)30(17-7-10-19-8-3-1-4-9-19)26(33-23)29-21-11-5-2-6-12-21/h1-6,8-9,11-16,23H,7,10,17-18H2,(H,28,32). The third-order valence-electron chi connectivity index (χ3n) is 5.21. The van der Waals surface area contributed by atoms with E-state index in [1.807, 2.05) is 72.8 Å². The third kappa shape index (κ3) is 6.68. The molecule has 1 saturated heterocycles. The molecule has 1 heterocycles. The molecule has 3 aromatic rings. The smallest absolute Gasteiger partial charge is 0.238 e. The number of carbonyl (C=O) groups is 2. The van der Waals surface area contributed by atoms with Crippen LogP contribution in [0.15, 0.2) is 89.9 Å². The number of amides is 2. The number of para-hydroxylation sites is 1. The predicted octanol–water partition coefficient (Wildman–Crippen LogP) is 5.88. The third-order valence-corrected chi connectivity index (χ3v) is 7.12. The SMILES string of the molecule is O=C(Nc1ccc(I)cc1)C1CC(=O)N(CCCc2ccccc2)C(=Nc2ccccc2)S1. The highest BCUT2D eigenvalue weighted by Crippen LogP contribution is 2.30. The fraction of sp³-hybridized carbons (Fsp3) is 0.192. The van der Waals surface area contributed by atoms with Crippen molar-refractivity contribution in [2.24, 2.45) is 4.99 Å². The number of thioether (sulfide) groups is 1. The van der Waals surface area contributed by atoms with Crippen molar-refractivity contribution in [1.82, 2.24) is 4.90 Å². The van der Waals surface area contributed by atoms with Crippen LogP contribution in [-0.2, 0) is 16.0 Å². The molecule has 0 spiro atoms. The summed E-state index contributed by atoms with van der Waals surface area (Å²) in [5.74, 6) is -0.251.